The molecular formula is C12H17BrN4O. The van der Waals surface area contributed by atoms with Gasteiger partial charge in [0.1, 0.15) is 5.82 Å². The second-order valence-electron chi connectivity index (χ2n) is 5.15. The summed E-state index contributed by atoms with van der Waals surface area (Å²) in [6.45, 7) is 0.934. The van der Waals surface area contributed by atoms with Crippen LogP contribution in [0, 0.1) is 5.92 Å². The van der Waals surface area contributed by atoms with E-state index in [1.54, 1.807) is 0 Å². The molecule has 1 aromatic rings. The van der Waals surface area contributed by atoms with Gasteiger partial charge < -0.3 is 11.1 Å². The Hall–Kier alpha value is -1.04. The Bertz CT molecular complexity index is 479. The largest absolute Gasteiger partial charge is 0.369 e. The third-order valence-electron chi connectivity index (χ3n) is 4.08. The van der Waals surface area contributed by atoms with Gasteiger partial charge in [-0.25, -0.2) is 4.68 Å². The van der Waals surface area contributed by atoms with E-state index in [2.05, 4.69) is 26.3 Å². The van der Waals surface area contributed by atoms with Gasteiger partial charge in [0.2, 0.25) is 0 Å². The molecule has 0 saturated heterocycles. The van der Waals surface area contributed by atoms with Gasteiger partial charge in [0.25, 0.3) is 5.91 Å². The molecule has 1 atom stereocenters. The van der Waals surface area contributed by atoms with Gasteiger partial charge in [-0.15, -0.1) is 0 Å². The summed E-state index contributed by atoms with van der Waals surface area (Å²) in [5.74, 6) is 1.13. The summed E-state index contributed by atoms with van der Waals surface area (Å²) in [6, 6.07) is 0.410. The number of nitrogens with one attached hydrogen (secondary N) is 1. The van der Waals surface area contributed by atoms with E-state index in [0.717, 1.165) is 18.8 Å². The lowest BCUT2D eigenvalue weighted by atomic mass is 9.94. The van der Waals surface area contributed by atoms with Crippen molar-refractivity contribution in [2.75, 3.05) is 11.9 Å². The molecule has 2 heterocycles. The zero-order valence-corrected chi connectivity index (χ0v) is 11.7. The normalized spacial score (nSPS) is 23.7. The van der Waals surface area contributed by atoms with Crippen LogP contribution in [0.25, 0.3) is 0 Å². The number of halogens is 1. The molecule has 0 radical (unpaired) electrons. The molecule has 3 N–H and O–H groups in total. The third-order valence-corrected chi connectivity index (χ3v) is 4.83. The van der Waals surface area contributed by atoms with Crippen molar-refractivity contribution in [3.05, 3.63) is 10.2 Å². The molecule has 2 aliphatic rings. The van der Waals surface area contributed by atoms with Crippen molar-refractivity contribution < 1.29 is 4.79 Å². The monoisotopic (exact) mass is 312 g/mol. The fourth-order valence-electron chi connectivity index (χ4n) is 3.21. The number of aromatic nitrogens is 2. The maximum Gasteiger partial charge on any atom is 0.270 e. The Kier molecular flexibility index (Phi) is 3.05. The Labute approximate surface area is 114 Å². The van der Waals surface area contributed by atoms with Crippen molar-refractivity contribution in [3.8, 4) is 0 Å². The lowest BCUT2D eigenvalue weighted by Gasteiger charge is -2.30. The minimum atomic E-state index is -0.476. The first-order chi connectivity index (χ1) is 8.68. The van der Waals surface area contributed by atoms with Gasteiger partial charge in [0, 0.05) is 6.54 Å². The fraction of sp³-hybridized carbons (Fsp3) is 0.667. The number of hydrogen-bond donors (Lipinski definition) is 2. The standard InChI is InChI=1S/C12H17BrN4O/c13-9-10(11(14)18)16-17-8(5-6-15-12(9)17)7-3-1-2-4-7/h7-8,15H,1-6H2,(H2,14,18). The van der Waals surface area contributed by atoms with Gasteiger partial charge in [0.05, 0.1) is 10.5 Å². The molecule has 1 amide bonds. The first-order valence-electron chi connectivity index (χ1n) is 6.50. The quantitative estimate of drug-likeness (QED) is 0.880. The predicted octanol–water partition coefficient (Wildman–Crippen LogP) is 2.29. The van der Waals surface area contributed by atoms with Crippen LogP contribution in [-0.4, -0.2) is 22.2 Å². The summed E-state index contributed by atoms with van der Waals surface area (Å²) in [6.07, 6.45) is 6.25. The van der Waals surface area contributed by atoms with Crippen LogP contribution in [0.3, 0.4) is 0 Å². The lowest BCUT2D eigenvalue weighted by Crippen LogP contribution is -2.28. The molecule has 3 rings (SSSR count). The third kappa shape index (κ3) is 1.83. The topological polar surface area (TPSA) is 72.9 Å². The molecule has 0 spiro atoms. The zero-order chi connectivity index (χ0) is 12.7. The highest BCUT2D eigenvalue weighted by atomic mass is 79.9. The van der Waals surface area contributed by atoms with Crippen molar-refractivity contribution >= 4 is 27.7 Å². The number of nitrogens with two attached hydrogens (primary N) is 1. The Morgan fingerprint density at radius 1 is 1.39 bits per heavy atom. The minimum absolute atomic E-state index is 0.336. The number of carbonyl (C=O) groups excluding carboxylic acids is 1. The first-order valence-corrected chi connectivity index (χ1v) is 7.29. The van der Waals surface area contributed by atoms with Crippen LogP contribution in [-0.2, 0) is 0 Å². The molecule has 1 aliphatic carbocycles. The van der Waals surface area contributed by atoms with Crippen LogP contribution in [0.2, 0.25) is 0 Å². The molecule has 98 valence electrons. The number of amides is 1. The van der Waals surface area contributed by atoms with E-state index in [1.807, 2.05) is 4.68 Å². The summed E-state index contributed by atoms with van der Waals surface area (Å²) >= 11 is 3.43. The molecule has 0 aromatic carbocycles. The van der Waals surface area contributed by atoms with Gasteiger partial charge in [-0.1, -0.05) is 12.8 Å². The maximum atomic E-state index is 11.4. The summed E-state index contributed by atoms with van der Waals surface area (Å²) in [5, 5.41) is 7.71. The Balaban J connectivity index is 1.99. The summed E-state index contributed by atoms with van der Waals surface area (Å²) in [7, 11) is 0. The SMILES string of the molecule is NC(=O)c1nn2c(c1Br)NCCC2C1CCCC1. The maximum absolute atomic E-state index is 11.4. The lowest BCUT2D eigenvalue weighted by molar-refractivity contribution is 0.0993. The van der Waals surface area contributed by atoms with Gasteiger partial charge in [-0.3, -0.25) is 4.79 Å². The second kappa shape index (κ2) is 4.57. The van der Waals surface area contributed by atoms with Crippen molar-refractivity contribution in [2.45, 2.75) is 38.1 Å². The number of anilines is 1. The highest BCUT2D eigenvalue weighted by molar-refractivity contribution is 9.10. The second-order valence-corrected chi connectivity index (χ2v) is 5.94. The zero-order valence-electron chi connectivity index (χ0n) is 10.2. The molecule has 6 heteroatoms. The molecule has 18 heavy (non-hydrogen) atoms. The number of carbonyl (C=O) groups is 1. The van der Waals surface area contributed by atoms with E-state index < -0.39 is 5.91 Å². The van der Waals surface area contributed by atoms with Crippen LogP contribution < -0.4 is 11.1 Å². The number of primary amides is 1. The highest BCUT2D eigenvalue weighted by Gasteiger charge is 2.33. The van der Waals surface area contributed by atoms with E-state index >= 15 is 0 Å². The van der Waals surface area contributed by atoms with Crippen molar-refractivity contribution in [2.24, 2.45) is 11.7 Å². The van der Waals surface area contributed by atoms with Crippen LogP contribution >= 0.6 is 15.9 Å². The summed E-state index contributed by atoms with van der Waals surface area (Å²) in [5.41, 5.74) is 5.69. The number of nitrogens with zero attached hydrogens (tertiary/aromatic N) is 2. The van der Waals surface area contributed by atoms with E-state index in [0.29, 0.717) is 22.1 Å². The fourth-order valence-corrected chi connectivity index (χ4v) is 3.81. The number of fused-ring (bicyclic) bond motifs is 1. The molecule has 1 unspecified atom stereocenters. The van der Waals surface area contributed by atoms with Gasteiger partial charge in [0.15, 0.2) is 5.69 Å². The van der Waals surface area contributed by atoms with E-state index in [-0.39, 0.29) is 0 Å². The average Bonchev–Trinajstić information content (AvgIpc) is 2.97. The van der Waals surface area contributed by atoms with Gasteiger partial charge in [-0.2, -0.15) is 5.10 Å². The van der Waals surface area contributed by atoms with E-state index in [1.165, 1.54) is 25.7 Å². The summed E-state index contributed by atoms with van der Waals surface area (Å²) in [4.78, 5) is 11.4. The molecule has 1 saturated carbocycles. The molecule has 1 fully saturated rings. The van der Waals surface area contributed by atoms with Crippen LogP contribution in [0.5, 0.6) is 0 Å². The molecule has 1 aliphatic heterocycles. The summed E-state index contributed by atoms with van der Waals surface area (Å²) < 4.78 is 2.68. The number of hydrogen-bond acceptors (Lipinski definition) is 3. The molecule has 5 nitrogen and oxygen atoms in total. The van der Waals surface area contributed by atoms with Gasteiger partial charge in [-0.05, 0) is 41.1 Å². The van der Waals surface area contributed by atoms with E-state index in [9.17, 15) is 4.79 Å². The Morgan fingerprint density at radius 2 is 2.11 bits per heavy atom. The Morgan fingerprint density at radius 3 is 2.78 bits per heavy atom. The first kappa shape index (κ1) is 12.0. The van der Waals surface area contributed by atoms with Crippen molar-refractivity contribution in [1.82, 2.24) is 9.78 Å². The van der Waals surface area contributed by atoms with Crippen molar-refractivity contribution in [1.29, 1.82) is 0 Å². The number of rotatable bonds is 2. The van der Waals surface area contributed by atoms with Crippen LogP contribution in [0.1, 0.15) is 48.6 Å². The minimum Gasteiger partial charge on any atom is -0.369 e. The highest BCUT2D eigenvalue weighted by Crippen LogP contribution is 2.41. The van der Waals surface area contributed by atoms with Crippen molar-refractivity contribution in [3.63, 3.8) is 0 Å². The van der Waals surface area contributed by atoms with Crippen LogP contribution in [0.15, 0.2) is 4.47 Å². The average molecular weight is 313 g/mol. The molecule has 0 bridgehead atoms. The van der Waals surface area contributed by atoms with Gasteiger partial charge >= 0.3 is 0 Å². The van der Waals surface area contributed by atoms with E-state index in [4.69, 9.17) is 5.73 Å². The molecule has 1 aromatic heterocycles. The molecular weight excluding hydrogens is 296 g/mol. The predicted molar refractivity (Wildman–Crippen MR) is 72.5 cm³/mol. The smallest absolute Gasteiger partial charge is 0.270 e. The van der Waals surface area contributed by atoms with Crippen LogP contribution in [0.4, 0.5) is 5.82 Å².